The van der Waals surface area contributed by atoms with Crippen LogP contribution in [0.3, 0.4) is 0 Å². The Balaban J connectivity index is 2.63. The van der Waals surface area contributed by atoms with E-state index in [-0.39, 0.29) is 0 Å². The first-order chi connectivity index (χ1) is 7.15. The second kappa shape index (κ2) is 3.79. The van der Waals surface area contributed by atoms with Gasteiger partial charge in [0.05, 0.1) is 5.69 Å². The van der Waals surface area contributed by atoms with Crippen LogP contribution in [0, 0.1) is 13.8 Å². The predicted octanol–water partition coefficient (Wildman–Crippen LogP) is 2.22. The molecule has 0 saturated carbocycles. The van der Waals surface area contributed by atoms with Gasteiger partial charge in [-0.15, -0.1) is 11.3 Å². The molecule has 0 atom stereocenters. The number of hydrogen-bond acceptors (Lipinski definition) is 3. The van der Waals surface area contributed by atoms with E-state index < -0.39 is 0 Å². The van der Waals surface area contributed by atoms with Crippen molar-refractivity contribution in [2.24, 2.45) is 12.8 Å². The Morgan fingerprint density at radius 3 is 2.73 bits per heavy atom. The lowest BCUT2D eigenvalue weighted by molar-refractivity contribution is 0.731. The molecule has 2 aromatic heterocycles. The van der Waals surface area contributed by atoms with Crippen LogP contribution in [0.25, 0.3) is 11.1 Å². The zero-order valence-corrected chi connectivity index (χ0v) is 10.1. The Labute approximate surface area is 93.5 Å². The summed E-state index contributed by atoms with van der Waals surface area (Å²) in [4.78, 5) is 1.23. The highest BCUT2D eigenvalue weighted by Crippen LogP contribution is 2.32. The minimum absolute atomic E-state index is 0.598. The van der Waals surface area contributed by atoms with Gasteiger partial charge in [-0.05, 0) is 25.3 Å². The highest BCUT2D eigenvalue weighted by Gasteiger charge is 2.14. The van der Waals surface area contributed by atoms with E-state index in [1.165, 1.54) is 21.7 Å². The molecule has 0 bridgehead atoms. The molecule has 0 unspecified atom stereocenters. The van der Waals surface area contributed by atoms with Crippen molar-refractivity contribution in [2.45, 2.75) is 20.4 Å². The first-order valence-electron chi connectivity index (χ1n) is 4.92. The van der Waals surface area contributed by atoms with Crippen LogP contribution in [0.1, 0.15) is 16.3 Å². The Morgan fingerprint density at radius 1 is 1.47 bits per heavy atom. The Bertz CT molecular complexity index is 482. The van der Waals surface area contributed by atoms with E-state index in [2.05, 4.69) is 23.5 Å². The summed E-state index contributed by atoms with van der Waals surface area (Å²) in [6.07, 6.45) is 0. The van der Waals surface area contributed by atoms with E-state index >= 15 is 0 Å². The standard InChI is InChI=1S/C11H15N3S/c1-7-11(8(2)14(3)13-7)9-4-5-15-10(9)6-12/h4-5H,6,12H2,1-3H3. The zero-order chi connectivity index (χ0) is 11.0. The van der Waals surface area contributed by atoms with E-state index in [1.54, 1.807) is 11.3 Å². The van der Waals surface area contributed by atoms with Gasteiger partial charge in [0.15, 0.2) is 0 Å². The molecule has 0 amide bonds. The topological polar surface area (TPSA) is 43.8 Å². The molecule has 2 heterocycles. The van der Waals surface area contributed by atoms with E-state index in [0.717, 1.165) is 5.69 Å². The molecule has 3 nitrogen and oxygen atoms in total. The van der Waals surface area contributed by atoms with Gasteiger partial charge in [-0.1, -0.05) is 0 Å². The van der Waals surface area contributed by atoms with Gasteiger partial charge in [-0.2, -0.15) is 5.10 Å². The van der Waals surface area contributed by atoms with Crippen molar-refractivity contribution in [3.63, 3.8) is 0 Å². The summed E-state index contributed by atoms with van der Waals surface area (Å²) in [5.41, 5.74) is 10.5. The minimum atomic E-state index is 0.598. The Morgan fingerprint density at radius 2 is 2.20 bits per heavy atom. The lowest BCUT2D eigenvalue weighted by Gasteiger charge is -2.02. The van der Waals surface area contributed by atoms with E-state index in [4.69, 9.17) is 5.73 Å². The molecule has 0 radical (unpaired) electrons. The lowest BCUT2D eigenvalue weighted by Crippen LogP contribution is -1.96. The van der Waals surface area contributed by atoms with Crippen LogP contribution < -0.4 is 5.73 Å². The molecule has 0 fully saturated rings. The third kappa shape index (κ3) is 1.60. The quantitative estimate of drug-likeness (QED) is 0.845. The Kier molecular flexibility index (Phi) is 2.63. The van der Waals surface area contributed by atoms with Crippen LogP contribution in [-0.4, -0.2) is 9.78 Å². The molecule has 2 N–H and O–H groups in total. The van der Waals surface area contributed by atoms with E-state index in [0.29, 0.717) is 6.54 Å². The smallest absolute Gasteiger partial charge is 0.0675 e. The number of aromatic nitrogens is 2. The summed E-state index contributed by atoms with van der Waals surface area (Å²) in [5.74, 6) is 0. The van der Waals surface area contributed by atoms with E-state index in [9.17, 15) is 0 Å². The van der Waals surface area contributed by atoms with Gasteiger partial charge in [0.2, 0.25) is 0 Å². The average Bonchev–Trinajstić information content (AvgIpc) is 2.73. The fourth-order valence-corrected chi connectivity index (χ4v) is 2.65. The number of rotatable bonds is 2. The molecule has 0 aliphatic heterocycles. The lowest BCUT2D eigenvalue weighted by atomic mass is 10.0. The van der Waals surface area contributed by atoms with Crippen LogP contribution >= 0.6 is 11.3 Å². The highest BCUT2D eigenvalue weighted by atomic mass is 32.1. The summed E-state index contributed by atoms with van der Waals surface area (Å²) in [5, 5.41) is 6.51. The molecule has 0 aliphatic rings. The molecule has 2 aromatic rings. The number of thiophene rings is 1. The van der Waals surface area contributed by atoms with Gasteiger partial charge < -0.3 is 5.73 Å². The number of hydrogen-bond donors (Lipinski definition) is 1. The summed E-state index contributed by atoms with van der Waals surface area (Å²) in [6.45, 7) is 4.73. The maximum atomic E-state index is 5.72. The van der Waals surface area contributed by atoms with Gasteiger partial charge in [-0.25, -0.2) is 0 Å². The molecule has 0 aliphatic carbocycles. The molecule has 2 rings (SSSR count). The second-order valence-corrected chi connectivity index (χ2v) is 4.63. The van der Waals surface area contributed by atoms with Crippen LogP contribution in [0.4, 0.5) is 0 Å². The molecule has 80 valence electrons. The maximum absolute atomic E-state index is 5.72. The monoisotopic (exact) mass is 221 g/mol. The number of aryl methyl sites for hydroxylation is 2. The summed E-state index contributed by atoms with van der Waals surface area (Å²) >= 11 is 1.71. The summed E-state index contributed by atoms with van der Waals surface area (Å²) < 4.78 is 1.92. The van der Waals surface area contributed by atoms with Crippen molar-refractivity contribution in [1.82, 2.24) is 9.78 Å². The molecule has 15 heavy (non-hydrogen) atoms. The van der Waals surface area contributed by atoms with Crippen LogP contribution in [-0.2, 0) is 13.6 Å². The third-order valence-electron chi connectivity index (χ3n) is 2.71. The SMILES string of the molecule is Cc1nn(C)c(C)c1-c1ccsc1CN. The Hall–Kier alpha value is -1.13. The normalized spacial score (nSPS) is 10.9. The molecular formula is C11H15N3S. The van der Waals surface area contributed by atoms with Crippen molar-refractivity contribution in [3.8, 4) is 11.1 Å². The van der Waals surface area contributed by atoms with Crippen LogP contribution in [0.5, 0.6) is 0 Å². The molecule has 0 spiro atoms. The number of nitrogens with two attached hydrogens (primary N) is 1. The van der Waals surface area contributed by atoms with Gasteiger partial charge in [-0.3, -0.25) is 4.68 Å². The first-order valence-corrected chi connectivity index (χ1v) is 5.80. The largest absolute Gasteiger partial charge is 0.326 e. The highest BCUT2D eigenvalue weighted by molar-refractivity contribution is 7.10. The van der Waals surface area contributed by atoms with Gasteiger partial charge in [0.1, 0.15) is 0 Å². The molecule has 0 aromatic carbocycles. The summed E-state index contributed by atoms with van der Waals surface area (Å²) in [6, 6.07) is 2.13. The van der Waals surface area contributed by atoms with Crippen molar-refractivity contribution in [1.29, 1.82) is 0 Å². The molecular weight excluding hydrogens is 206 g/mol. The van der Waals surface area contributed by atoms with Crippen molar-refractivity contribution in [2.75, 3.05) is 0 Å². The van der Waals surface area contributed by atoms with Crippen molar-refractivity contribution >= 4 is 11.3 Å². The molecule has 0 saturated heterocycles. The van der Waals surface area contributed by atoms with Gasteiger partial charge in [0.25, 0.3) is 0 Å². The van der Waals surface area contributed by atoms with Crippen LogP contribution in [0.2, 0.25) is 0 Å². The third-order valence-corrected chi connectivity index (χ3v) is 3.65. The van der Waals surface area contributed by atoms with Crippen molar-refractivity contribution < 1.29 is 0 Å². The van der Waals surface area contributed by atoms with Gasteiger partial charge >= 0.3 is 0 Å². The maximum Gasteiger partial charge on any atom is 0.0675 e. The fourth-order valence-electron chi connectivity index (χ4n) is 1.88. The van der Waals surface area contributed by atoms with Crippen molar-refractivity contribution in [3.05, 3.63) is 27.7 Å². The number of nitrogens with zero attached hydrogens (tertiary/aromatic N) is 2. The van der Waals surface area contributed by atoms with Crippen LogP contribution in [0.15, 0.2) is 11.4 Å². The van der Waals surface area contributed by atoms with E-state index in [1.807, 2.05) is 18.7 Å². The van der Waals surface area contributed by atoms with Gasteiger partial charge in [0, 0.05) is 35.3 Å². The fraction of sp³-hybridized carbons (Fsp3) is 0.364. The minimum Gasteiger partial charge on any atom is -0.326 e. The first kappa shape index (κ1) is 10.4. The summed E-state index contributed by atoms with van der Waals surface area (Å²) in [7, 11) is 1.97. The molecule has 4 heteroatoms. The predicted molar refractivity (Wildman–Crippen MR) is 63.9 cm³/mol. The average molecular weight is 221 g/mol. The second-order valence-electron chi connectivity index (χ2n) is 3.63. The zero-order valence-electron chi connectivity index (χ0n) is 9.24.